The first kappa shape index (κ1) is 15.6. The van der Waals surface area contributed by atoms with Gasteiger partial charge in [0.2, 0.25) is 10.0 Å². The summed E-state index contributed by atoms with van der Waals surface area (Å²) < 4.78 is 40.0. The molecule has 0 aliphatic rings. The van der Waals surface area contributed by atoms with Crippen molar-refractivity contribution in [1.82, 2.24) is 4.72 Å². The van der Waals surface area contributed by atoms with Crippen molar-refractivity contribution >= 4 is 39.1 Å². The molecule has 4 nitrogen and oxygen atoms in total. The molecule has 0 aliphatic carbocycles. The fraction of sp³-hybridized carbons (Fsp3) is 0.400. The Hall–Kier alpha value is -0.500. The highest BCUT2D eigenvalue weighted by Crippen LogP contribution is 2.25. The Labute approximate surface area is 115 Å². The molecule has 0 amide bonds. The molecule has 0 aliphatic heterocycles. The molecule has 8 heteroatoms. The number of thioether (sulfide) groups is 1. The van der Waals surface area contributed by atoms with Crippen molar-refractivity contribution in [2.75, 3.05) is 17.7 Å². The summed E-state index contributed by atoms with van der Waals surface area (Å²) in [6.07, 6.45) is 1.85. The van der Waals surface area contributed by atoms with Crippen LogP contribution in [0.2, 0.25) is 5.02 Å². The molecule has 0 fully saturated rings. The van der Waals surface area contributed by atoms with Gasteiger partial charge in [-0.2, -0.15) is 11.8 Å². The summed E-state index contributed by atoms with van der Waals surface area (Å²) in [6.45, 7) is 1.69. The zero-order chi connectivity index (χ0) is 13.9. The van der Waals surface area contributed by atoms with Crippen molar-refractivity contribution in [3.63, 3.8) is 0 Å². The van der Waals surface area contributed by atoms with Crippen LogP contribution in [0.25, 0.3) is 0 Å². The topological polar surface area (TPSA) is 72.2 Å². The summed E-state index contributed by atoms with van der Waals surface area (Å²) in [5.41, 5.74) is 5.56. The summed E-state index contributed by atoms with van der Waals surface area (Å²) in [5.74, 6) is -0.411. The number of sulfonamides is 1. The lowest BCUT2D eigenvalue weighted by Crippen LogP contribution is -2.34. The van der Waals surface area contributed by atoms with E-state index in [1.165, 1.54) is 17.8 Å². The lowest BCUT2D eigenvalue weighted by molar-refractivity contribution is 0.550. The molecule has 18 heavy (non-hydrogen) atoms. The van der Waals surface area contributed by atoms with E-state index in [0.717, 1.165) is 6.07 Å². The predicted octanol–water partition coefficient (Wildman–Crippen LogP) is 2.09. The van der Waals surface area contributed by atoms with Gasteiger partial charge in [-0.3, -0.25) is 0 Å². The second-order valence-corrected chi connectivity index (χ2v) is 6.79. The Morgan fingerprint density at radius 3 is 2.72 bits per heavy atom. The summed E-state index contributed by atoms with van der Waals surface area (Å²) in [5, 5.41) is -0.312. The summed E-state index contributed by atoms with van der Waals surface area (Å²) in [7, 11) is -3.96. The molecule has 0 spiro atoms. The van der Waals surface area contributed by atoms with Crippen molar-refractivity contribution in [1.29, 1.82) is 0 Å². The molecule has 0 saturated heterocycles. The molecule has 1 rings (SSSR count). The molecular weight excluding hydrogens is 299 g/mol. The van der Waals surface area contributed by atoms with Crippen LogP contribution in [0.15, 0.2) is 17.0 Å². The van der Waals surface area contributed by atoms with Crippen molar-refractivity contribution in [3.8, 4) is 0 Å². The number of halogens is 2. The van der Waals surface area contributed by atoms with Crippen LogP contribution in [0.1, 0.15) is 6.92 Å². The molecule has 1 unspecified atom stereocenters. The number of nitrogens with one attached hydrogen (secondary N) is 1. The molecule has 1 aromatic carbocycles. The van der Waals surface area contributed by atoms with Gasteiger partial charge in [0.05, 0.1) is 5.02 Å². The molecule has 0 saturated carbocycles. The lowest BCUT2D eigenvalue weighted by Gasteiger charge is -2.14. The number of nitrogens with two attached hydrogens (primary N) is 1. The van der Waals surface area contributed by atoms with Gasteiger partial charge in [-0.25, -0.2) is 17.5 Å². The van der Waals surface area contributed by atoms with E-state index < -0.39 is 20.7 Å². The number of hydrogen-bond acceptors (Lipinski definition) is 4. The standard InChI is InChI=1S/C10H14ClFN2O2S2/c1-6(5-17-2)14-18(15,16)9-4-7(13)3-8(11)10(9)12/h3-4,6,14H,5,13H2,1-2H3. The fourth-order valence-electron chi connectivity index (χ4n) is 1.39. The first-order valence-electron chi connectivity index (χ1n) is 5.03. The van der Waals surface area contributed by atoms with Gasteiger partial charge < -0.3 is 5.73 Å². The number of rotatable bonds is 5. The molecular formula is C10H14ClFN2O2S2. The Balaban J connectivity index is 3.13. The fourth-order valence-corrected chi connectivity index (χ4v) is 3.74. The van der Waals surface area contributed by atoms with Crippen molar-refractivity contribution in [2.45, 2.75) is 17.9 Å². The van der Waals surface area contributed by atoms with Crippen molar-refractivity contribution in [2.24, 2.45) is 0 Å². The van der Waals surface area contributed by atoms with Crippen molar-refractivity contribution in [3.05, 3.63) is 23.0 Å². The third-order valence-corrected chi connectivity index (χ3v) is 4.78. The maximum atomic E-state index is 13.7. The van der Waals surface area contributed by atoms with E-state index in [9.17, 15) is 12.8 Å². The quantitative estimate of drug-likeness (QED) is 0.817. The molecule has 1 aromatic rings. The van der Waals surface area contributed by atoms with Crippen LogP contribution in [-0.2, 0) is 10.0 Å². The van der Waals surface area contributed by atoms with Crippen LogP contribution in [0.3, 0.4) is 0 Å². The first-order chi connectivity index (χ1) is 8.27. The highest BCUT2D eigenvalue weighted by atomic mass is 35.5. The molecule has 0 aromatic heterocycles. The number of anilines is 1. The van der Waals surface area contributed by atoms with Gasteiger partial charge in [0.1, 0.15) is 4.90 Å². The van der Waals surface area contributed by atoms with Gasteiger partial charge in [0.25, 0.3) is 0 Å². The minimum absolute atomic E-state index is 0.0966. The van der Waals surface area contributed by atoms with Crippen molar-refractivity contribution < 1.29 is 12.8 Å². The molecule has 0 bridgehead atoms. The number of benzene rings is 1. The molecule has 3 N–H and O–H groups in total. The van der Waals surface area contributed by atoms with Crippen LogP contribution < -0.4 is 10.5 Å². The van der Waals surface area contributed by atoms with E-state index in [-0.39, 0.29) is 16.8 Å². The smallest absolute Gasteiger partial charge is 0.243 e. The minimum Gasteiger partial charge on any atom is -0.399 e. The van der Waals surface area contributed by atoms with Crippen LogP contribution in [0.5, 0.6) is 0 Å². The highest BCUT2D eigenvalue weighted by Gasteiger charge is 2.23. The zero-order valence-corrected chi connectivity index (χ0v) is 12.3. The first-order valence-corrected chi connectivity index (χ1v) is 8.29. The molecule has 0 radical (unpaired) electrons. The van der Waals surface area contributed by atoms with E-state index in [1.807, 2.05) is 6.26 Å². The third-order valence-electron chi connectivity index (χ3n) is 2.08. The normalized spacial score (nSPS) is 13.6. The Kier molecular flexibility index (Phi) is 5.27. The Morgan fingerprint density at radius 2 is 2.17 bits per heavy atom. The third kappa shape index (κ3) is 3.74. The van der Waals surface area contributed by atoms with E-state index in [4.69, 9.17) is 17.3 Å². The summed E-state index contributed by atoms with van der Waals surface area (Å²) >= 11 is 7.06. The van der Waals surface area contributed by atoms with E-state index >= 15 is 0 Å². The number of nitrogen functional groups attached to an aromatic ring is 1. The van der Waals surface area contributed by atoms with Gasteiger partial charge in [-0.15, -0.1) is 0 Å². The minimum atomic E-state index is -3.96. The molecule has 102 valence electrons. The van der Waals surface area contributed by atoms with E-state index in [1.54, 1.807) is 6.92 Å². The average Bonchev–Trinajstić information content (AvgIpc) is 2.22. The Morgan fingerprint density at radius 1 is 1.56 bits per heavy atom. The lowest BCUT2D eigenvalue weighted by atomic mass is 10.3. The van der Waals surface area contributed by atoms with Gasteiger partial charge in [0, 0.05) is 17.5 Å². The van der Waals surface area contributed by atoms with E-state index in [0.29, 0.717) is 5.75 Å². The second-order valence-electron chi connectivity index (χ2n) is 3.79. The summed E-state index contributed by atoms with van der Waals surface area (Å²) in [4.78, 5) is -0.527. The number of hydrogen-bond donors (Lipinski definition) is 2. The maximum Gasteiger partial charge on any atom is 0.243 e. The van der Waals surface area contributed by atoms with Gasteiger partial charge in [0.15, 0.2) is 5.82 Å². The average molecular weight is 313 g/mol. The molecule has 1 atom stereocenters. The van der Waals surface area contributed by atoms with Gasteiger partial charge in [-0.05, 0) is 25.3 Å². The summed E-state index contributed by atoms with van der Waals surface area (Å²) in [6, 6.07) is 1.90. The van der Waals surface area contributed by atoms with Gasteiger partial charge >= 0.3 is 0 Å². The van der Waals surface area contributed by atoms with Crippen LogP contribution in [0, 0.1) is 5.82 Å². The second kappa shape index (κ2) is 6.10. The predicted molar refractivity (Wildman–Crippen MR) is 74.0 cm³/mol. The van der Waals surface area contributed by atoms with E-state index in [2.05, 4.69) is 4.72 Å². The van der Waals surface area contributed by atoms with Crippen LogP contribution in [-0.4, -0.2) is 26.5 Å². The largest absolute Gasteiger partial charge is 0.399 e. The SMILES string of the molecule is CSCC(C)NS(=O)(=O)c1cc(N)cc(Cl)c1F. The monoisotopic (exact) mass is 312 g/mol. The van der Waals surface area contributed by atoms with Gasteiger partial charge in [-0.1, -0.05) is 11.6 Å². The Bertz CT molecular complexity index is 537. The maximum absolute atomic E-state index is 13.7. The van der Waals surface area contributed by atoms with Crippen LogP contribution in [0.4, 0.5) is 10.1 Å². The highest BCUT2D eigenvalue weighted by molar-refractivity contribution is 7.98. The van der Waals surface area contributed by atoms with Crippen LogP contribution >= 0.6 is 23.4 Å². The molecule has 0 heterocycles. The zero-order valence-electron chi connectivity index (χ0n) is 9.91.